The van der Waals surface area contributed by atoms with Crippen LogP contribution in [0.1, 0.15) is 32.4 Å². The van der Waals surface area contributed by atoms with Gasteiger partial charge >= 0.3 is 0 Å². The number of halogens is 1. The van der Waals surface area contributed by atoms with Crippen molar-refractivity contribution in [3.8, 4) is 0 Å². The fourth-order valence-electron chi connectivity index (χ4n) is 1.35. The molecule has 0 saturated carbocycles. The van der Waals surface area contributed by atoms with Gasteiger partial charge < -0.3 is 5.32 Å². The third kappa shape index (κ3) is 3.37. The van der Waals surface area contributed by atoms with Crippen molar-refractivity contribution < 1.29 is 0 Å². The lowest BCUT2D eigenvalue weighted by Gasteiger charge is -2.17. The lowest BCUT2D eigenvalue weighted by Crippen LogP contribution is -2.25. The van der Waals surface area contributed by atoms with Gasteiger partial charge in [0.05, 0.1) is 0 Å². The second-order valence-electron chi connectivity index (χ2n) is 3.59. The molecule has 0 fully saturated rings. The molecule has 0 aliphatic heterocycles. The predicted molar refractivity (Wildman–Crippen MR) is 58.1 cm³/mol. The standard InChI is InChI=1S/C11H16ClN/c1-8(2)13-9(3)10-4-6-11(12)7-5-10/h4-9,13H,1-3H3. The minimum absolute atomic E-state index is 0.386. The van der Waals surface area contributed by atoms with Crippen molar-refractivity contribution in [2.24, 2.45) is 0 Å². The van der Waals surface area contributed by atoms with Crippen LogP contribution in [0.15, 0.2) is 24.3 Å². The first kappa shape index (κ1) is 10.6. The van der Waals surface area contributed by atoms with Crippen LogP contribution >= 0.6 is 11.6 Å². The van der Waals surface area contributed by atoms with E-state index in [1.165, 1.54) is 5.56 Å². The molecule has 1 rings (SSSR count). The van der Waals surface area contributed by atoms with Crippen molar-refractivity contribution in [2.75, 3.05) is 0 Å². The van der Waals surface area contributed by atoms with Gasteiger partial charge in [0.1, 0.15) is 0 Å². The molecule has 0 bridgehead atoms. The Kier molecular flexibility index (Phi) is 3.76. The average Bonchev–Trinajstić information content (AvgIpc) is 2.04. The second kappa shape index (κ2) is 4.64. The minimum atomic E-state index is 0.386. The Morgan fingerprint density at radius 1 is 1.08 bits per heavy atom. The Hall–Kier alpha value is -0.530. The van der Waals surface area contributed by atoms with Gasteiger partial charge in [0.15, 0.2) is 0 Å². The van der Waals surface area contributed by atoms with Crippen molar-refractivity contribution in [2.45, 2.75) is 32.9 Å². The highest BCUT2D eigenvalue weighted by Crippen LogP contribution is 2.16. The van der Waals surface area contributed by atoms with Crippen LogP contribution in [-0.4, -0.2) is 6.04 Å². The van der Waals surface area contributed by atoms with Gasteiger partial charge in [-0.3, -0.25) is 0 Å². The van der Waals surface area contributed by atoms with Crippen molar-refractivity contribution >= 4 is 11.6 Å². The van der Waals surface area contributed by atoms with Gasteiger partial charge in [-0.05, 0) is 24.6 Å². The van der Waals surface area contributed by atoms with Gasteiger partial charge in [-0.2, -0.15) is 0 Å². The smallest absolute Gasteiger partial charge is 0.0406 e. The zero-order valence-corrected chi connectivity index (χ0v) is 9.10. The zero-order valence-electron chi connectivity index (χ0n) is 8.34. The van der Waals surface area contributed by atoms with Gasteiger partial charge in [0, 0.05) is 17.1 Å². The number of hydrogen-bond donors (Lipinski definition) is 1. The van der Waals surface area contributed by atoms with Crippen LogP contribution in [0.4, 0.5) is 0 Å². The van der Waals surface area contributed by atoms with Crippen LogP contribution in [-0.2, 0) is 0 Å². The van der Waals surface area contributed by atoms with Crippen LogP contribution in [0, 0.1) is 0 Å². The lowest BCUT2D eigenvalue weighted by atomic mass is 10.1. The van der Waals surface area contributed by atoms with E-state index in [4.69, 9.17) is 11.6 Å². The molecule has 1 atom stereocenters. The van der Waals surface area contributed by atoms with Crippen molar-refractivity contribution in [3.05, 3.63) is 34.9 Å². The molecule has 1 aromatic carbocycles. The summed E-state index contributed by atoms with van der Waals surface area (Å²) >= 11 is 5.80. The Morgan fingerprint density at radius 2 is 1.62 bits per heavy atom. The Bertz CT molecular complexity index is 253. The molecule has 0 aliphatic carbocycles. The van der Waals surface area contributed by atoms with Gasteiger partial charge in [-0.25, -0.2) is 0 Å². The minimum Gasteiger partial charge on any atom is -0.308 e. The summed E-state index contributed by atoms with van der Waals surface area (Å²) in [6, 6.07) is 8.86. The Balaban J connectivity index is 2.66. The van der Waals surface area contributed by atoms with Crippen LogP contribution in [0.2, 0.25) is 5.02 Å². The summed E-state index contributed by atoms with van der Waals surface area (Å²) in [6.45, 7) is 6.45. The van der Waals surface area contributed by atoms with E-state index in [2.05, 4.69) is 38.2 Å². The molecule has 0 heterocycles. The van der Waals surface area contributed by atoms with E-state index >= 15 is 0 Å². The third-order valence-corrected chi connectivity index (χ3v) is 2.21. The molecule has 2 heteroatoms. The third-order valence-electron chi connectivity index (χ3n) is 1.95. The summed E-state index contributed by atoms with van der Waals surface area (Å²) in [5, 5.41) is 4.23. The van der Waals surface area contributed by atoms with Crippen LogP contribution in [0.5, 0.6) is 0 Å². The predicted octanol–water partition coefficient (Wildman–Crippen LogP) is 3.40. The maximum absolute atomic E-state index is 5.80. The molecule has 1 aromatic rings. The molecule has 72 valence electrons. The Morgan fingerprint density at radius 3 is 2.08 bits per heavy atom. The van der Waals surface area contributed by atoms with Crippen molar-refractivity contribution in [1.82, 2.24) is 5.32 Å². The van der Waals surface area contributed by atoms with E-state index in [0.29, 0.717) is 12.1 Å². The van der Waals surface area contributed by atoms with Gasteiger partial charge in [0.25, 0.3) is 0 Å². The fraction of sp³-hybridized carbons (Fsp3) is 0.455. The first-order valence-electron chi connectivity index (χ1n) is 4.61. The highest BCUT2D eigenvalue weighted by molar-refractivity contribution is 6.30. The molecule has 1 nitrogen and oxygen atoms in total. The summed E-state index contributed by atoms with van der Waals surface area (Å²) in [5.41, 5.74) is 1.28. The van der Waals surface area contributed by atoms with Gasteiger partial charge in [-0.1, -0.05) is 37.6 Å². The van der Waals surface area contributed by atoms with Crippen LogP contribution in [0.3, 0.4) is 0 Å². The van der Waals surface area contributed by atoms with E-state index in [9.17, 15) is 0 Å². The quantitative estimate of drug-likeness (QED) is 0.783. The molecule has 0 radical (unpaired) electrons. The molecular weight excluding hydrogens is 182 g/mol. The molecule has 0 saturated heterocycles. The summed E-state index contributed by atoms with van der Waals surface area (Å²) in [4.78, 5) is 0. The zero-order chi connectivity index (χ0) is 9.84. The molecule has 1 unspecified atom stereocenters. The van der Waals surface area contributed by atoms with Crippen molar-refractivity contribution in [3.63, 3.8) is 0 Å². The number of rotatable bonds is 3. The molecule has 0 aliphatic rings. The fourth-order valence-corrected chi connectivity index (χ4v) is 1.47. The number of hydrogen-bond acceptors (Lipinski definition) is 1. The van der Waals surface area contributed by atoms with E-state index in [1.807, 2.05) is 12.1 Å². The Labute approximate surface area is 85.1 Å². The average molecular weight is 198 g/mol. The monoisotopic (exact) mass is 197 g/mol. The van der Waals surface area contributed by atoms with Crippen LogP contribution in [0.25, 0.3) is 0 Å². The second-order valence-corrected chi connectivity index (χ2v) is 4.03. The van der Waals surface area contributed by atoms with E-state index in [0.717, 1.165) is 5.02 Å². The van der Waals surface area contributed by atoms with E-state index < -0.39 is 0 Å². The van der Waals surface area contributed by atoms with Crippen LogP contribution < -0.4 is 5.32 Å². The maximum Gasteiger partial charge on any atom is 0.0406 e. The summed E-state index contributed by atoms with van der Waals surface area (Å²) < 4.78 is 0. The number of benzene rings is 1. The number of nitrogens with one attached hydrogen (secondary N) is 1. The largest absolute Gasteiger partial charge is 0.308 e. The summed E-state index contributed by atoms with van der Waals surface area (Å²) in [5.74, 6) is 0. The molecule has 13 heavy (non-hydrogen) atoms. The highest BCUT2D eigenvalue weighted by atomic mass is 35.5. The van der Waals surface area contributed by atoms with Gasteiger partial charge in [-0.15, -0.1) is 0 Å². The topological polar surface area (TPSA) is 12.0 Å². The SMILES string of the molecule is CC(C)NC(C)c1ccc(Cl)cc1. The lowest BCUT2D eigenvalue weighted by molar-refractivity contribution is 0.506. The normalized spacial score (nSPS) is 13.3. The van der Waals surface area contributed by atoms with E-state index in [1.54, 1.807) is 0 Å². The summed E-state index contributed by atoms with van der Waals surface area (Å²) in [6.07, 6.45) is 0. The molecular formula is C11H16ClN. The maximum atomic E-state index is 5.80. The summed E-state index contributed by atoms with van der Waals surface area (Å²) in [7, 11) is 0. The molecule has 0 aromatic heterocycles. The molecule has 0 amide bonds. The first-order valence-corrected chi connectivity index (χ1v) is 4.99. The molecule has 0 spiro atoms. The molecule has 1 N–H and O–H groups in total. The first-order chi connectivity index (χ1) is 6.09. The van der Waals surface area contributed by atoms with Crippen molar-refractivity contribution in [1.29, 1.82) is 0 Å². The van der Waals surface area contributed by atoms with E-state index in [-0.39, 0.29) is 0 Å². The highest BCUT2D eigenvalue weighted by Gasteiger charge is 2.05. The van der Waals surface area contributed by atoms with Gasteiger partial charge in [0.2, 0.25) is 0 Å².